The molecule has 0 aromatic carbocycles. The van der Waals surface area contributed by atoms with E-state index < -0.39 is 11.9 Å². The van der Waals surface area contributed by atoms with Crippen molar-refractivity contribution in [2.24, 2.45) is 17.8 Å². The molecule has 1 aromatic rings. The Bertz CT molecular complexity index is 609. The van der Waals surface area contributed by atoms with Crippen molar-refractivity contribution in [1.29, 1.82) is 0 Å². The number of esters is 1. The van der Waals surface area contributed by atoms with E-state index in [1.54, 1.807) is 6.07 Å². The highest BCUT2D eigenvalue weighted by atomic mass is 16.5. The van der Waals surface area contributed by atoms with Gasteiger partial charge in [0.25, 0.3) is 0 Å². The SMILES string of the molecule is CCC(C(=O)CC1CC1)C(=O)Oc1cc(CC2CC2)nc(N)n1. The van der Waals surface area contributed by atoms with Gasteiger partial charge in [0.1, 0.15) is 11.7 Å². The van der Waals surface area contributed by atoms with E-state index in [9.17, 15) is 9.59 Å². The average molecular weight is 317 g/mol. The smallest absolute Gasteiger partial charge is 0.323 e. The van der Waals surface area contributed by atoms with Crippen LogP contribution in [0.4, 0.5) is 5.95 Å². The third kappa shape index (κ3) is 4.50. The number of nitrogens with two attached hydrogens (primary N) is 1. The molecule has 0 saturated heterocycles. The molecular formula is C17H23N3O3. The van der Waals surface area contributed by atoms with Gasteiger partial charge in [-0.15, -0.1) is 0 Å². The number of ketones is 1. The Morgan fingerprint density at radius 1 is 1.26 bits per heavy atom. The number of hydrogen-bond donors (Lipinski definition) is 1. The van der Waals surface area contributed by atoms with E-state index in [0.717, 1.165) is 25.0 Å². The maximum Gasteiger partial charge on any atom is 0.323 e. The molecule has 6 heteroatoms. The molecule has 0 bridgehead atoms. The van der Waals surface area contributed by atoms with E-state index in [1.165, 1.54) is 12.8 Å². The quantitative estimate of drug-likeness (QED) is 0.584. The van der Waals surface area contributed by atoms with Crippen molar-refractivity contribution in [2.45, 2.75) is 51.9 Å². The third-order valence-corrected chi connectivity index (χ3v) is 4.44. The van der Waals surface area contributed by atoms with Crippen LogP contribution in [0.5, 0.6) is 5.88 Å². The number of aromatic nitrogens is 2. The van der Waals surface area contributed by atoms with Crippen molar-refractivity contribution < 1.29 is 14.3 Å². The molecule has 2 aliphatic carbocycles. The summed E-state index contributed by atoms with van der Waals surface area (Å²) in [5.41, 5.74) is 6.49. The van der Waals surface area contributed by atoms with Gasteiger partial charge in [0.05, 0.1) is 5.69 Å². The summed E-state index contributed by atoms with van der Waals surface area (Å²) in [6.07, 6.45) is 6.33. The van der Waals surface area contributed by atoms with E-state index in [1.807, 2.05) is 6.92 Å². The molecule has 2 aliphatic rings. The Balaban J connectivity index is 1.65. The number of Topliss-reactive ketones (excluding diaryl/α,β-unsaturated/α-hetero) is 1. The number of carbonyl (C=O) groups excluding carboxylic acids is 2. The standard InChI is InChI=1S/C17H23N3O3/c1-2-13(14(21)8-11-5-6-11)16(22)23-15-9-12(7-10-3-4-10)19-17(18)20-15/h9-11,13H,2-8H2,1H3,(H2,18,19,20). The predicted octanol–water partition coefficient (Wildman–Crippen LogP) is 2.31. The zero-order chi connectivity index (χ0) is 16.4. The molecule has 2 fully saturated rings. The first-order valence-electron chi connectivity index (χ1n) is 8.43. The van der Waals surface area contributed by atoms with Crippen LogP contribution < -0.4 is 10.5 Å². The molecule has 1 aromatic heterocycles. The summed E-state index contributed by atoms with van der Waals surface area (Å²) in [6.45, 7) is 1.82. The Hall–Kier alpha value is -1.98. The fraction of sp³-hybridized carbons (Fsp3) is 0.647. The highest BCUT2D eigenvalue weighted by molar-refractivity contribution is 5.99. The lowest BCUT2D eigenvalue weighted by Gasteiger charge is -2.13. The van der Waals surface area contributed by atoms with Gasteiger partial charge < -0.3 is 10.5 Å². The first kappa shape index (κ1) is 15.9. The van der Waals surface area contributed by atoms with Crippen molar-refractivity contribution in [3.8, 4) is 5.88 Å². The van der Waals surface area contributed by atoms with Crippen LogP contribution in [0.25, 0.3) is 0 Å². The molecule has 0 spiro atoms. The maximum atomic E-state index is 12.3. The summed E-state index contributed by atoms with van der Waals surface area (Å²) in [5, 5.41) is 0. The number of hydrogen-bond acceptors (Lipinski definition) is 6. The van der Waals surface area contributed by atoms with Crippen molar-refractivity contribution in [2.75, 3.05) is 5.73 Å². The molecule has 1 heterocycles. The molecule has 2 saturated carbocycles. The number of carbonyl (C=O) groups is 2. The molecule has 2 N–H and O–H groups in total. The lowest BCUT2D eigenvalue weighted by atomic mass is 9.97. The Morgan fingerprint density at radius 2 is 1.96 bits per heavy atom. The summed E-state index contributed by atoms with van der Waals surface area (Å²) in [6, 6.07) is 1.66. The molecule has 23 heavy (non-hydrogen) atoms. The first-order valence-corrected chi connectivity index (χ1v) is 8.43. The molecule has 0 aliphatic heterocycles. The van der Waals surface area contributed by atoms with Gasteiger partial charge >= 0.3 is 5.97 Å². The van der Waals surface area contributed by atoms with Crippen LogP contribution in [0.3, 0.4) is 0 Å². The summed E-state index contributed by atoms with van der Waals surface area (Å²) in [4.78, 5) is 32.6. The second kappa shape index (κ2) is 6.64. The Morgan fingerprint density at radius 3 is 2.57 bits per heavy atom. The molecule has 1 unspecified atom stereocenters. The van der Waals surface area contributed by atoms with Crippen LogP contribution in [0, 0.1) is 17.8 Å². The van der Waals surface area contributed by atoms with E-state index >= 15 is 0 Å². The van der Waals surface area contributed by atoms with Gasteiger partial charge in [-0.3, -0.25) is 9.59 Å². The largest absolute Gasteiger partial charge is 0.407 e. The van der Waals surface area contributed by atoms with Gasteiger partial charge in [-0.25, -0.2) is 4.98 Å². The van der Waals surface area contributed by atoms with E-state index in [2.05, 4.69) is 9.97 Å². The molecule has 1 atom stereocenters. The van der Waals surface area contributed by atoms with Crippen molar-refractivity contribution in [3.05, 3.63) is 11.8 Å². The van der Waals surface area contributed by atoms with Crippen LogP contribution in [0.1, 0.15) is 51.1 Å². The predicted molar refractivity (Wildman–Crippen MR) is 84.6 cm³/mol. The summed E-state index contributed by atoms with van der Waals surface area (Å²) in [7, 11) is 0. The lowest BCUT2D eigenvalue weighted by Crippen LogP contribution is -2.28. The number of nitrogens with zero attached hydrogens (tertiary/aromatic N) is 2. The monoisotopic (exact) mass is 317 g/mol. The third-order valence-electron chi connectivity index (χ3n) is 4.44. The van der Waals surface area contributed by atoms with Gasteiger partial charge in [0, 0.05) is 12.5 Å². The molecule has 124 valence electrons. The fourth-order valence-corrected chi connectivity index (χ4v) is 2.72. The van der Waals surface area contributed by atoms with E-state index in [-0.39, 0.29) is 17.6 Å². The van der Waals surface area contributed by atoms with Crippen LogP contribution in [-0.4, -0.2) is 21.7 Å². The number of rotatable bonds is 8. The molecule has 0 amide bonds. The second-order valence-corrected chi connectivity index (χ2v) is 6.70. The van der Waals surface area contributed by atoms with E-state index in [4.69, 9.17) is 10.5 Å². The van der Waals surface area contributed by atoms with Crippen molar-refractivity contribution in [1.82, 2.24) is 9.97 Å². The van der Waals surface area contributed by atoms with Gasteiger partial charge in [-0.2, -0.15) is 4.98 Å². The second-order valence-electron chi connectivity index (χ2n) is 6.70. The van der Waals surface area contributed by atoms with Gasteiger partial charge in [0.2, 0.25) is 11.8 Å². The van der Waals surface area contributed by atoms with Crippen LogP contribution in [0.15, 0.2) is 6.07 Å². The molecule has 0 radical (unpaired) electrons. The number of nitrogen functional groups attached to an aromatic ring is 1. The van der Waals surface area contributed by atoms with Gasteiger partial charge in [-0.1, -0.05) is 6.92 Å². The van der Waals surface area contributed by atoms with Crippen LogP contribution >= 0.6 is 0 Å². The molecule has 6 nitrogen and oxygen atoms in total. The van der Waals surface area contributed by atoms with Gasteiger partial charge in [-0.05, 0) is 50.4 Å². The van der Waals surface area contributed by atoms with Gasteiger partial charge in [0.15, 0.2) is 0 Å². The first-order chi connectivity index (χ1) is 11.0. The van der Waals surface area contributed by atoms with Crippen LogP contribution in [0.2, 0.25) is 0 Å². The van der Waals surface area contributed by atoms with Crippen molar-refractivity contribution >= 4 is 17.7 Å². The number of anilines is 1. The normalized spacial score (nSPS) is 18.5. The Kier molecular flexibility index (Phi) is 4.59. The topological polar surface area (TPSA) is 95.2 Å². The zero-order valence-corrected chi connectivity index (χ0v) is 13.5. The van der Waals surface area contributed by atoms with E-state index in [0.29, 0.717) is 24.7 Å². The van der Waals surface area contributed by atoms with Crippen molar-refractivity contribution in [3.63, 3.8) is 0 Å². The number of ether oxygens (including phenoxy) is 1. The highest BCUT2D eigenvalue weighted by Crippen LogP contribution is 2.34. The zero-order valence-electron chi connectivity index (χ0n) is 13.5. The minimum absolute atomic E-state index is 0.0276. The average Bonchev–Trinajstić information content (AvgIpc) is 3.35. The fourth-order valence-electron chi connectivity index (χ4n) is 2.72. The van der Waals surface area contributed by atoms with Crippen LogP contribution in [-0.2, 0) is 16.0 Å². The molecule has 3 rings (SSSR count). The minimum atomic E-state index is -0.710. The lowest BCUT2D eigenvalue weighted by molar-refractivity contribution is -0.144. The summed E-state index contributed by atoms with van der Waals surface area (Å²) >= 11 is 0. The molecular weight excluding hydrogens is 294 g/mol. The Labute approximate surface area is 135 Å². The minimum Gasteiger partial charge on any atom is -0.407 e. The highest BCUT2D eigenvalue weighted by Gasteiger charge is 2.32. The summed E-state index contributed by atoms with van der Waals surface area (Å²) in [5.74, 6) is 0.0900. The summed E-state index contributed by atoms with van der Waals surface area (Å²) < 4.78 is 5.32. The maximum absolute atomic E-state index is 12.3.